The van der Waals surface area contributed by atoms with Crippen molar-refractivity contribution in [2.75, 3.05) is 54.0 Å². The van der Waals surface area contributed by atoms with E-state index in [1.807, 2.05) is 12.1 Å². The van der Waals surface area contributed by atoms with Gasteiger partial charge in [-0.25, -0.2) is 0 Å². The second-order valence-corrected chi connectivity index (χ2v) is 16.8. The molecule has 0 aliphatic heterocycles. The number of nitrogens with two attached hydrogens (primary N) is 1. The topological polar surface area (TPSA) is 119 Å². The number of aliphatic hydroxyl groups excluding tert-OH is 1. The van der Waals surface area contributed by atoms with Crippen LogP contribution in [0.3, 0.4) is 0 Å². The molecular formula is C46H73N4O5P3. The van der Waals surface area contributed by atoms with E-state index >= 15 is 0 Å². The summed E-state index contributed by atoms with van der Waals surface area (Å²) >= 11 is 0. The van der Waals surface area contributed by atoms with Gasteiger partial charge in [-0.15, -0.1) is 0 Å². The van der Waals surface area contributed by atoms with Crippen molar-refractivity contribution in [2.24, 2.45) is 0 Å². The van der Waals surface area contributed by atoms with Gasteiger partial charge < -0.3 is 44.2 Å². The monoisotopic (exact) mass is 854 g/mol. The van der Waals surface area contributed by atoms with Crippen molar-refractivity contribution < 1.29 is 23.2 Å². The highest BCUT2D eigenvalue weighted by Crippen LogP contribution is 2.40. The molecule has 0 spiro atoms. The summed E-state index contributed by atoms with van der Waals surface area (Å²) in [7, 11) is -0.0141. The zero-order valence-corrected chi connectivity index (χ0v) is 38.8. The van der Waals surface area contributed by atoms with E-state index in [4.69, 9.17) is 28.9 Å². The van der Waals surface area contributed by atoms with Gasteiger partial charge in [0.15, 0.2) is 0 Å². The fourth-order valence-corrected chi connectivity index (χ4v) is 7.59. The van der Waals surface area contributed by atoms with Crippen LogP contribution in [0.25, 0.3) is 0 Å². The first-order chi connectivity index (χ1) is 28.4. The van der Waals surface area contributed by atoms with Crippen molar-refractivity contribution in [3.63, 3.8) is 0 Å². The summed E-state index contributed by atoms with van der Waals surface area (Å²) in [5, 5.41) is 18.7. The molecule has 0 heterocycles. The van der Waals surface area contributed by atoms with Crippen molar-refractivity contribution in [1.29, 1.82) is 0 Å². The van der Waals surface area contributed by atoms with Gasteiger partial charge in [-0.1, -0.05) is 115 Å². The van der Waals surface area contributed by atoms with Crippen LogP contribution < -0.4 is 21.0 Å². The van der Waals surface area contributed by atoms with Crippen molar-refractivity contribution in [3.8, 4) is 0 Å². The highest BCUT2D eigenvalue weighted by Gasteiger charge is 2.13. The number of anilines is 4. The van der Waals surface area contributed by atoms with Gasteiger partial charge in [-0.05, 0) is 116 Å². The number of nitrogens with one attached hydrogen (secondary N) is 3. The summed E-state index contributed by atoms with van der Waals surface area (Å²) < 4.78 is 22.9. The second kappa shape index (κ2) is 33.9. The molecule has 0 aliphatic rings. The fraction of sp³-hybridized carbons (Fsp3) is 0.478. The molecule has 322 valence electrons. The van der Waals surface area contributed by atoms with Crippen LogP contribution in [0.5, 0.6) is 0 Å². The first kappa shape index (κ1) is 51.3. The molecule has 0 saturated heterocycles. The molecule has 6 N–H and O–H groups in total. The van der Waals surface area contributed by atoms with Crippen LogP contribution in [0.2, 0.25) is 0 Å². The number of unbranched alkanes of at least 4 members (excludes halogenated alkanes) is 5. The fourth-order valence-electron chi connectivity index (χ4n) is 5.00. The molecule has 0 amide bonds. The lowest BCUT2D eigenvalue weighted by atomic mass is 10.0. The molecule has 0 fully saturated rings. The van der Waals surface area contributed by atoms with Crippen LogP contribution in [0.4, 0.5) is 22.7 Å². The van der Waals surface area contributed by atoms with Gasteiger partial charge in [0.05, 0.1) is 26.4 Å². The van der Waals surface area contributed by atoms with E-state index in [9.17, 15) is 0 Å². The largest absolute Gasteiger partial charge is 0.399 e. The van der Waals surface area contributed by atoms with E-state index in [0.29, 0.717) is 26.4 Å². The Bertz CT molecular complexity index is 1520. The third-order valence-electron chi connectivity index (χ3n) is 8.60. The molecule has 0 radical (unpaired) electrons. The Morgan fingerprint density at radius 2 is 0.828 bits per heavy atom. The van der Waals surface area contributed by atoms with Crippen LogP contribution in [0.15, 0.2) is 97.1 Å². The smallest absolute Gasteiger partial charge is 0.287 e. The summed E-state index contributed by atoms with van der Waals surface area (Å²) in [6.45, 7) is 14.1. The predicted octanol–water partition coefficient (Wildman–Crippen LogP) is 13.7. The van der Waals surface area contributed by atoms with Gasteiger partial charge in [0.25, 0.3) is 8.53 Å². The van der Waals surface area contributed by atoms with Crippen LogP contribution in [-0.2, 0) is 30.9 Å². The summed E-state index contributed by atoms with van der Waals surface area (Å²) in [5.74, 6) is 0. The van der Waals surface area contributed by atoms with Crippen molar-refractivity contribution in [1.82, 2.24) is 0 Å². The van der Waals surface area contributed by atoms with Gasteiger partial charge >= 0.3 is 0 Å². The number of aliphatic hydroxyl groups is 1. The van der Waals surface area contributed by atoms with Crippen LogP contribution >= 0.6 is 26.4 Å². The van der Waals surface area contributed by atoms with E-state index < -0.39 is 17.0 Å². The van der Waals surface area contributed by atoms with E-state index in [0.717, 1.165) is 93.6 Å². The third kappa shape index (κ3) is 24.3. The second-order valence-electron chi connectivity index (χ2n) is 13.9. The molecule has 9 nitrogen and oxygen atoms in total. The van der Waals surface area contributed by atoms with Gasteiger partial charge in [-0.2, -0.15) is 0 Å². The lowest BCUT2D eigenvalue weighted by Crippen LogP contribution is -2.06. The van der Waals surface area contributed by atoms with E-state index in [1.165, 1.54) is 35.1 Å². The van der Waals surface area contributed by atoms with Gasteiger partial charge in [0, 0.05) is 38.8 Å². The molecule has 4 rings (SSSR count). The highest BCUT2D eigenvalue weighted by molar-refractivity contribution is 7.55. The summed E-state index contributed by atoms with van der Waals surface area (Å²) in [4.78, 5) is 0. The normalized spacial score (nSPS) is 11.2. The molecule has 2 atom stereocenters. The van der Waals surface area contributed by atoms with Crippen molar-refractivity contribution >= 4 is 49.2 Å². The molecule has 0 bridgehead atoms. The van der Waals surface area contributed by atoms with E-state index in [1.54, 1.807) is 0 Å². The number of benzene rings is 4. The maximum absolute atomic E-state index is 8.07. The number of hydrogen-bond donors (Lipinski definition) is 5. The molecule has 4 aromatic carbocycles. The minimum absolute atomic E-state index is 0.344. The molecule has 2 unspecified atom stereocenters. The minimum Gasteiger partial charge on any atom is -0.399 e. The Labute approximate surface area is 356 Å². The van der Waals surface area contributed by atoms with Gasteiger partial charge in [0.1, 0.15) is 0 Å². The Kier molecular flexibility index (Phi) is 30.0. The Hall–Kier alpha value is -2.83. The van der Waals surface area contributed by atoms with Crippen LogP contribution in [-0.4, -0.2) is 38.1 Å². The predicted molar refractivity (Wildman–Crippen MR) is 256 cm³/mol. The summed E-state index contributed by atoms with van der Waals surface area (Å²) in [5.41, 5.74) is 14.7. The maximum atomic E-state index is 8.07. The van der Waals surface area contributed by atoms with Crippen LogP contribution in [0.1, 0.15) is 121 Å². The molecular weight excluding hydrogens is 781 g/mol. The molecule has 0 aromatic heterocycles. The Balaban J connectivity index is 0.000000928. The summed E-state index contributed by atoms with van der Waals surface area (Å²) in [6.07, 6.45) is 12.6. The average Bonchev–Trinajstić information content (AvgIpc) is 3.24. The Morgan fingerprint density at radius 1 is 0.483 bits per heavy atom. The van der Waals surface area contributed by atoms with E-state index in [-0.39, 0.29) is 0 Å². The number of rotatable bonds is 27. The highest BCUT2D eigenvalue weighted by atomic mass is 31.2. The molecule has 4 aromatic rings. The molecule has 12 heteroatoms. The maximum Gasteiger partial charge on any atom is 0.287 e. The third-order valence-corrected chi connectivity index (χ3v) is 11.5. The zero-order chi connectivity index (χ0) is 42.1. The van der Waals surface area contributed by atoms with Crippen molar-refractivity contribution in [3.05, 3.63) is 119 Å². The lowest BCUT2D eigenvalue weighted by molar-refractivity contribution is 0.246. The number of nitrogen functional groups attached to an aromatic ring is 1. The number of hydrogen-bond acceptors (Lipinski definition) is 9. The van der Waals surface area contributed by atoms with E-state index in [2.05, 4.69) is 144 Å². The first-order valence-electron chi connectivity index (χ1n) is 21.2. The minimum atomic E-state index is -1.14. The molecule has 0 aliphatic carbocycles. The standard InChI is InChI=1S/C38H52N4O3P2.C4H11OP.C4H10O/c1-4-7-26-43-46(40-36-20-12-32(13-21-36)29-31-10-18-35(39)19-11-31)41-37-22-14-33(15-23-37)30-34-16-24-38(25-17-34)42-47(44-27-8-5-2)45-28-9-6-3;1-2-3-4-5-6;1-2-3-4-5/h10-25,40-42H,4-9,26-30,39H2,1-3H3;2-4,6H2,1H3;5H,2-4H2,1H3. The van der Waals surface area contributed by atoms with Crippen molar-refractivity contribution in [2.45, 2.75) is 112 Å². The zero-order valence-electron chi connectivity index (χ0n) is 35.9. The molecule has 58 heavy (non-hydrogen) atoms. The summed E-state index contributed by atoms with van der Waals surface area (Å²) in [6, 6.07) is 33.8. The quantitative estimate of drug-likeness (QED) is 0.0227. The Morgan fingerprint density at radius 3 is 1.16 bits per heavy atom. The SMILES string of the molecule is CCCCO.CCCCOP.CCCCOP(Nc1ccc(Cc2ccc(N)cc2)cc1)Nc1ccc(Cc2ccc(NP(OCCCC)OCCCC)cc2)cc1. The molecule has 0 saturated carbocycles. The first-order valence-corrected chi connectivity index (χ1v) is 24.1. The lowest BCUT2D eigenvalue weighted by Gasteiger charge is -2.21. The average molecular weight is 855 g/mol. The van der Waals surface area contributed by atoms with Gasteiger partial charge in [0.2, 0.25) is 8.45 Å². The van der Waals surface area contributed by atoms with Gasteiger partial charge in [-0.3, -0.25) is 0 Å². The van der Waals surface area contributed by atoms with Crippen LogP contribution in [0, 0.1) is 0 Å².